The maximum Gasteiger partial charge on any atom is 0.308 e. The number of hydrogen-bond donors (Lipinski definition) is 1. The van der Waals surface area contributed by atoms with Gasteiger partial charge in [-0.2, -0.15) is 0 Å². The second-order valence-corrected chi connectivity index (χ2v) is 7.23. The van der Waals surface area contributed by atoms with Gasteiger partial charge in [-0.3, -0.25) is 14.4 Å². The SMILES string of the molecule is CNCC(=O)N(C)[C@@H](CC(=O)OC(C)(C)C)C(=O)N1CCCCC1. The minimum Gasteiger partial charge on any atom is -0.460 e. The maximum absolute atomic E-state index is 12.9. The zero-order valence-electron chi connectivity index (χ0n) is 15.6. The Morgan fingerprint density at radius 1 is 1.17 bits per heavy atom. The van der Waals surface area contributed by atoms with Crippen molar-refractivity contribution in [3.63, 3.8) is 0 Å². The summed E-state index contributed by atoms with van der Waals surface area (Å²) in [7, 11) is 3.23. The summed E-state index contributed by atoms with van der Waals surface area (Å²) in [5.41, 5.74) is -0.622. The van der Waals surface area contributed by atoms with Gasteiger partial charge in [0.1, 0.15) is 11.6 Å². The van der Waals surface area contributed by atoms with Gasteiger partial charge in [-0.25, -0.2) is 0 Å². The van der Waals surface area contributed by atoms with Gasteiger partial charge in [-0.05, 0) is 47.1 Å². The van der Waals surface area contributed by atoms with Crippen molar-refractivity contribution in [2.45, 2.75) is 58.1 Å². The van der Waals surface area contributed by atoms with E-state index in [1.54, 1.807) is 39.8 Å². The molecule has 0 aromatic carbocycles. The molecule has 1 aliphatic heterocycles. The van der Waals surface area contributed by atoms with Crippen molar-refractivity contribution in [1.82, 2.24) is 15.1 Å². The van der Waals surface area contributed by atoms with E-state index in [1.165, 1.54) is 4.90 Å². The largest absolute Gasteiger partial charge is 0.460 e. The predicted octanol–water partition coefficient (Wildman–Crippen LogP) is 0.777. The van der Waals surface area contributed by atoms with Crippen LogP contribution in [0.1, 0.15) is 46.5 Å². The van der Waals surface area contributed by atoms with Gasteiger partial charge >= 0.3 is 5.97 Å². The summed E-state index contributed by atoms with van der Waals surface area (Å²) in [6, 6.07) is -0.821. The molecule has 0 spiro atoms. The molecule has 0 unspecified atom stereocenters. The summed E-state index contributed by atoms with van der Waals surface area (Å²) in [4.78, 5) is 40.3. The molecule has 1 heterocycles. The normalized spacial score (nSPS) is 16.5. The van der Waals surface area contributed by atoms with E-state index in [0.717, 1.165) is 19.3 Å². The van der Waals surface area contributed by atoms with Crippen molar-refractivity contribution < 1.29 is 19.1 Å². The smallest absolute Gasteiger partial charge is 0.308 e. The molecule has 7 heteroatoms. The Labute approximate surface area is 144 Å². The Morgan fingerprint density at radius 2 is 1.75 bits per heavy atom. The van der Waals surface area contributed by atoms with Crippen LogP contribution in [0, 0.1) is 0 Å². The number of likely N-dealkylation sites (N-methyl/N-ethyl adjacent to an activating group) is 2. The first-order chi connectivity index (χ1) is 11.2. The third-order valence-electron chi connectivity index (χ3n) is 3.92. The molecule has 1 N–H and O–H groups in total. The molecule has 0 aromatic heterocycles. The van der Waals surface area contributed by atoms with Gasteiger partial charge < -0.3 is 19.9 Å². The number of ether oxygens (including phenoxy) is 1. The molecule has 2 amide bonds. The first kappa shape index (κ1) is 20.4. The first-order valence-corrected chi connectivity index (χ1v) is 8.56. The summed E-state index contributed by atoms with van der Waals surface area (Å²) in [5, 5.41) is 2.78. The fraction of sp³-hybridized carbons (Fsp3) is 0.824. The Bertz CT molecular complexity index is 453. The van der Waals surface area contributed by atoms with Crippen LogP contribution in [0.2, 0.25) is 0 Å². The maximum atomic E-state index is 12.9. The topological polar surface area (TPSA) is 79.0 Å². The predicted molar refractivity (Wildman–Crippen MR) is 91.4 cm³/mol. The number of likely N-dealkylation sites (tertiary alicyclic amines) is 1. The van der Waals surface area contributed by atoms with Gasteiger partial charge in [0, 0.05) is 20.1 Å². The van der Waals surface area contributed by atoms with Crippen LogP contribution >= 0.6 is 0 Å². The molecule has 24 heavy (non-hydrogen) atoms. The van der Waals surface area contributed by atoms with E-state index >= 15 is 0 Å². The van der Waals surface area contributed by atoms with E-state index in [1.807, 2.05) is 0 Å². The molecule has 7 nitrogen and oxygen atoms in total. The molecular formula is C17H31N3O4. The van der Waals surface area contributed by atoms with Crippen LogP contribution in [0.4, 0.5) is 0 Å². The number of piperidine rings is 1. The molecular weight excluding hydrogens is 310 g/mol. The van der Waals surface area contributed by atoms with Crippen LogP contribution in [-0.4, -0.2) is 73.0 Å². The first-order valence-electron chi connectivity index (χ1n) is 8.56. The van der Waals surface area contributed by atoms with Gasteiger partial charge in [0.05, 0.1) is 13.0 Å². The van der Waals surface area contributed by atoms with Crippen molar-refractivity contribution in [3.8, 4) is 0 Å². The van der Waals surface area contributed by atoms with Crippen molar-refractivity contribution in [1.29, 1.82) is 0 Å². The molecule has 1 fully saturated rings. The van der Waals surface area contributed by atoms with Crippen LogP contribution in [0.25, 0.3) is 0 Å². The number of rotatable bonds is 6. The standard InChI is InChI=1S/C17H31N3O4/c1-17(2,3)24-15(22)11-13(19(5)14(21)12-18-4)16(23)20-9-7-6-8-10-20/h13,18H,6-12H2,1-5H3/t13-/m0/s1. The van der Waals surface area contributed by atoms with E-state index < -0.39 is 17.6 Å². The highest BCUT2D eigenvalue weighted by Gasteiger charge is 2.34. The summed E-state index contributed by atoms with van der Waals surface area (Å²) >= 11 is 0. The van der Waals surface area contributed by atoms with E-state index in [2.05, 4.69) is 5.32 Å². The van der Waals surface area contributed by atoms with Crippen molar-refractivity contribution in [2.24, 2.45) is 0 Å². The Kier molecular flexibility index (Phi) is 7.66. The molecule has 1 atom stereocenters. The Morgan fingerprint density at radius 3 is 2.25 bits per heavy atom. The molecule has 0 saturated carbocycles. The van der Waals surface area contributed by atoms with Crippen LogP contribution in [0.15, 0.2) is 0 Å². The summed E-state index contributed by atoms with van der Waals surface area (Å²) in [5.74, 6) is -0.870. The van der Waals surface area contributed by atoms with Crippen LogP contribution in [-0.2, 0) is 19.1 Å². The number of carbonyl (C=O) groups is 3. The average Bonchev–Trinajstić information content (AvgIpc) is 2.50. The molecule has 1 rings (SSSR count). The third-order valence-corrected chi connectivity index (χ3v) is 3.92. The van der Waals surface area contributed by atoms with Crippen molar-refractivity contribution in [2.75, 3.05) is 33.7 Å². The number of amides is 2. The van der Waals surface area contributed by atoms with Crippen molar-refractivity contribution >= 4 is 17.8 Å². The molecule has 1 aliphatic rings. The number of nitrogens with one attached hydrogen (secondary N) is 1. The lowest BCUT2D eigenvalue weighted by molar-refractivity contribution is -0.160. The quantitative estimate of drug-likeness (QED) is 0.722. The monoisotopic (exact) mass is 341 g/mol. The summed E-state index contributed by atoms with van der Waals surface area (Å²) in [6.45, 7) is 6.82. The van der Waals surface area contributed by atoms with Gasteiger partial charge in [-0.15, -0.1) is 0 Å². The lowest BCUT2D eigenvalue weighted by Gasteiger charge is -2.34. The number of hydrogen-bond acceptors (Lipinski definition) is 5. The average molecular weight is 341 g/mol. The second kappa shape index (κ2) is 9.01. The molecule has 138 valence electrons. The van der Waals surface area contributed by atoms with Crippen LogP contribution < -0.4 is 5.32 Å². The van der Waals surface area contributed by atoms with E-state index in [0.29, 0.717) is 13.1 Å². The summed E-state index contributed by atoms with van der Waals surface area (Å²) in [6.07, 6.45) is 2.89. The fourth-order valence-corrected chi connectivity index (χ4v) is 2.71. The zero-order chi connectivity index (χ0) is 18.3. The van der Waals surface area contributed by atoms with Crippen LogP contribution in [0.3, 0.4) is 0 Å². The van der Waals surface area contributed by atoms with Gasteiger partial charge in [-0.1, -0.05) is 0 Å². The van der Waals surface area contributed by atoms with Crippen molar-refractivity contribution in [3.05, 3.63) is 0 Å². The van der Waals surface area contributed by atoms with E-state index in [9.17, 15) is 14.4 Å². The number of nitrogens with zero attached hydrogens (tertiary/aromatic N) is 2. The number of carbonyl (C=O) groups excluding carboxylic acids is 3. The second-order valence-electron chi connectivity index (χ2n) is 7.23. The lowest BCUT2D eigenvalue weighted by atomic mass is 10.1. The minimum absolute atomic E-state index is 0.120. The Balaban J connectivity index is 2.87. The molecule has 0 bridgehead atoms. The third kappa shape index (κ3) is 6.47. The highest BCUT2D eigenvalue weighted by atomic mass is 16.6. The Hall–Kier alpha value is -1.63. The van der Waals surface area contributed by atoms with E-state index in [4.69, 9.17) is 4.74 Å². The highest BCUT2D eigenvalue weighted by Crippen LogP contribution is 2.16. The summed E-state index contributed by atoms with van der Waals surface area (Å²) < 4.78 is 5.33. The molecule has 0 aromatic rings. The van der Waals surface area contributed by atoms with Gasteiger partial charge in [0.25, 0.3) is 0 Å². The van der Waals surface area contributed by atoms with Crippen LogP contribution in [0.5, 0.6) is 0 Å². The molecule has 1 saturated heterocycles. The highest BCUT2D eigenvalue weighted by molar-refractivity contribution is 5.91. The minimum atomic E-state index is -0.821. The van der Waals surface area contributed by atoms with Gasteiger partial charge in [0.2, 0.25) is 11.8 Å². The van der Waals surface area contributed by atoms with E-state index in [-0.39, 0.29) is 24.8 Å². The van der Waals surface area contributed by atoms with Gasteiger partial charge in [0.15, 0.2) is 0 Å². The fourth-order valence-electron chi connectivity index (χ4n) is 2.71. The molecule has 0 radical (unpaired) electrons. The molecule has 0 aliphatic carbocycles. The zero-order valence-corrected chi connectivity index (χ0v) is 15.6. The lowest BCUT2D eigenvalue weighted by Crippen LogP contribution is -2.53. The number of esters is 1.